The number of esters is 1. The van der Waals surface area contributed by atoms with E-state index in [-0.39, 0.29) is 6.42 Å². The number of ether oxygens (including phenoxy) is 1. The second-order valence-corrected chi connectivity index (χ2v) is 6.22. The number of carbonyl (C=O) groups excluding carboxylic acids is 1. The molecule has 5 nitrogen and oxygen atoms in total. The number of carbonyl (C=O) groups is 2. The summed E-state index contributed by atoms with van der Waals surface area (Å²) in [5, 5.41) is 17.4. The van der Waals surface area contributed by atoms with E-state index in [1.807, 2.05) is 0 Å². The van der Waals surface area contributed by atoms with Crippen molar-refractivity contribution in [1.82, 2.24) is 0 Å². The maximum atomic E-state index is 11.3. The van der Waals surface area contributed by atoms with E-state index in [2.05, 4.69) is 35.3 Å². The van der Waals surface area contributed by atoms with Crippen molar-refractivity contribution in [3.8, 4) is 23.7 Å². The van der Waals surface area contributed by atoms with Crippen molar-refractivity contribution < 1.29 is 24.5 Å². The Labute approximate surface area is 157 Å². The van der Waals surface area contributed by atoms with Crippen LogP contribution in [0.3, 0.4) is 0 Å². The Morgan fingerprint density at radius 2 is 1.42 bits per heavy atom. The van der Waals surface area contributed by atoms with Gasteiger partial charge in [-0.3, -0.25) is 4.79 Å². The van der Waals surface area contributed by atoms with Crippen molar-refractivity contribution in [3.63, 3.8) is 0 Å². The molecule has 1 unspecified atom stereocenters. The third-order valence-electron chi connectivity index (χ3n) is 3.76. The predicted octanol–water partition coefficient (Wildman–Crippen LogP) is 3.68. The SMILES string of the molecule is CCCCCCCCCC#CC#CCCCCC(=O)OCC(O)C(=O)O. The quantitative estimate of drug-likeness (QED) is 0.279. The number of aliphatic carboxylic acids is 1. The lowest BCUT2D eigenvalue weighted by Crippen LogP contribution is -2.26. The minimum absolute atomic E-state index is 0.192. The van der Waals surface area contributed by atoms with Gasteiger partial charge in [-0.05, 0) is 31.1 Å². The highest BCUT2D eigenvalue weighted by molar-refractivity contribution is 5.73. The van der Waals surface area contributed by atoms with Gasteiger partial charge in [0, 0.05) is 19.3 Å². The molecule has 0 rings (SSSR count). The molecule has 0 aromatic carbocycles. The maximum absolute atomic E-state index is 11.3. The van der Waals surface area contributed by atoms with E-state index in [0.717, 1.165) is 19.3 Å². The first-order valence-electron chi connectivity index (χ1n) is 9.60. The lowest BCUT2D eigenvalue weighted by atomic mass is 10.1. The average Bonchev–Trinajstić information content (AvgIpc) is 2.62. The molecular formula is C21H32O5. The van der Waals surface area contributed by atoms with Gasteiger partial charge in [0.2, 0.25) is 0 Å². The van der Waals surface area contributed by atoms with Crippen LogP contribution in [0.4, 0.5) is 0 Å². The Balaban J connectivity index is 3.50. The third kappa shape index (κ3) is 16.9. The summed E-state index contributed by atoms with van der Waals surface area (Å²) in [6, 6.07) is 0. The fourth-order valence-electron chi connectivity index (χ4n) is 2.18. The molecule has 0 bridgehead atoms. The van der Waals surface area contributed by atoms with Gasteiger partial charge in [0.25, 0.3) is 0 Å². The summed E-state index contributed by atoms with van der Waals surface area (Å²) in [5.41, 5.74) is 0. The standard InChI is InChI=1S/C21H32O5/c1-2-3-4-5-6-7-8-9-10-11-12-13-14-15-16-17-20(23)26-18-19(22)21(24)25/h19,22H,2-9,14-18H2,1H3,(H,24,25). The molecule has 1 atom stereocenters. The Bertz CT molecular complexity index is 504. The van der Waals surface area contributed by atoms with Crippen molar-refractivity contribution in [2.75, 3.05) is 6.61 Å². The zero-order valence-electron chi connectivity index (χ0n) is 15.9. The van der Waals surface area contributed by atoms with Gasteiger partial charge in [-0.25, -0.2) is 4.79 Å². The molecule has 0 amide bonds. The van der Waals surface area contributed by atoms with Crippen molar-refractivity contribution >= 4 is 11.9 Å². The molecule has 0 saturated carbocycles. The van der Waals surface area contributed by atoms with Crippen LogP contribution in [0, 0.1) is 23.7 Å². The number of carboxylic acid groups (broad SMARTS) is 1. The first-order chi connectivity index (χ1) is 12.6. The van der Waals surface area contributed by atoms with Crippen LogP contribution in [0.1, 0.15) is 84.0 Å². The molecule has 146 valence electrons. The van der Waals surface area contributed by atoms with Crippen LogP contribution in [0.25, 0.3) is 0 Å². The lowest BCUT2D eigenvalue weighted by molar-refractivity contribution is -0.156. The summed E-state index contributed by atoms with van der Waals surface area (Å²) in [6.07, 6.45) is 10.4. The van der Waals surface area contributed by atoms with E-state index in [0.29, 0.717) is 12.8 Å². The first-order valence-corrected chi connectivity index (χ1v) is 9.60. The van der Waals surface area contributed by atoms with Crippen LogP contribution in [0.5, 0.6) is 0 Å². The Morgan fingerprint density at radius 3 is 2.00 bits per heavy atom. The summed E-state index contributed by atoms with van der Waals surface area (Å²) in [5.74, 6) is 9.78. The number of rotatable bonds is 14. The van der Waals surface area contributed by atoms with Crippen LogP contribution in [0.15, 0.2) is 0 Å². The Morgan fingerprint density at radius 1 is 0.885 bits per heavy atom. The minimum atomic E-state index is -1.66. The number of aliphatic hydroxyl groups excluding tert-OH is 1. The van der Waals surface area contributed by atoms with Gasteiger partial charge in [-0.15, -0.1) is 0 Å². The second-order valence-electron chi connectivity index (χ2n) is 6.22. The molecule has 0 saturated heterocycles. The van der Waals surface area contributed by atoms with Crippen LogP contribution < -0.4 is 0 Å². The van der Waals surface area contributed by atoms with Gasteiger partial charge < -0.3 is 14.9 Å². The molecule has 26 heavy (non-hydrogen) atoms. The van der Waals surface area contributed by atoms with Gasteiger partial charge in [-0.1, -0.05) is 57.3 Å². The molecular weight excluding hydrogens is 332 g/mol. The monoisotopic (exact) mass is 364 g/mol. The highest BCUT2D eigenvalue weighted by atomic mass is 16.5. The molecule has 0 heterocycles. The Kier molecular flexibility index (Phi) is 16.5. The van der Waals surface area contributed by atoms with Gasteiger partial charge in [0.05, 0.1) is 0 Å². The fraction of sp³-hybridized carbons (Fsp3) is 0.714. The summed E-state index contributed by atoms with van der Waals surface area (Å²) in [6.45, 7) is 1.71. The highest BCUT2D eigenvalue weighted by Gasteiger charge is 2.15. The van der Waals surface area contributed by atoms with E-state index in [9.17, 15) is 9.59 Å². The van der Waals surface area contributed by atoms with Gasteiger partial charge in [-0.2, -0.15) is 0 Å². The van der Waals surface area contributed by atoms with Crippen LogP contribution >= 0.6 is 0 Å². The highest BCUT2D eigenvalue weighted by Crippen LogP contribution is 2.07. The topological polar surface area (TPSA) is 83.8 Å². The third-order valence-corrected chi connectivity index (χ3v) is 3.76. The normalized spacial score (nSPS) is 10.8. The molecule has 0 aliphatic heterocycles. The maximum Gasteiger partial charge on any atom is 0.336 e. The molecule has 0 aromatic heterocycles. The van der Waals surface area contributed by atoms with Crippen molar-refractivity contribution in [3.05, 3.63) is 0 Å². The van der Waals surface area contributed by atoms with Crippen LogP contribution in [0.2, 0.25) is 0 Å². The first kappa shape index (κ1) is 24.0. The number of aliphatic hydroxyl groups is 1. The molecule has 0 fully saturated rings. The smallest absolute Gasteiger partial charge is 0.336 e. The molecule has 2 N–H and O–H groups in total. The molecule has 0 spiro atoms. The summed E-state index contributed by atoms with van der Waals surface area (Å²) in [4.78, 5) is 21.7. The largest absolute Gasteiger partial charge is 0.479 e. The van der Waals surface area contributed by atoms with Gasteiger partial charge in [0.15, 0.2) is 6.10 Å². The van der Waals surface area contributed by atoms with Crippen molar-refractivity contribution in [2.45, 2.75) is 90.1 Å². The van der Waals surface area contributed by atoms with Gasteiger partial charge >= 0.3 is 11.9 Å². The molecule has 0 aromatic rings. The lowest BCUT2D eigenvalue weighted by Gasteiger charge is -2.06. The molecule has 0 aliphatic rings. The summed E-state index contributed by atoms with van der Waals surface area (Å²) in [7, 11) is 0. The van der Waals surface area contributed by atoms with E-state index in [4.69, 9.17) is 10.2 Å². The van der Waals surface area contributed by atoms with E-state index in [1.54, 1.807) is 0 Å². The number of hydrogen-bond donors (Lipinski definition) is 2. The molecule has 5 heteroatoms. The van der Waals surface area contributed by atoms with Gasteiger partial charge in [0.1, 0.15) is 6.61 Å². The zero-order chi connectivity index (χ0) is 19.5. The summed E-state index contributed by atoms with van der Waals surface area (Å²) >= 11 is 0. The van der Waals surface area contributed by atoms with Crippen LogP contribution in [-0.2, 0) is 14.3 Å². The average molecular weight is 364 g/mol. The number of carboxylic acids is 1. The predicted molar refractivity (Wildman–Crippen MR) is 101 cm³/mol. The van der Waals surface area contributed by atoms with E-state index in [1.165, 1.54) is 38.5 Å². The van der Waals surface area contributed by atoms with E-state index >= 15 is 0 Å². The molecule has 0 aliphatic carbocycles. The summed E-state index contributed by atoms with van der Waals surface area (Å²) < 4.78 is 4.66. The number of unbranched alkanes of at least 4 members (excludes halogenated alkanes) is 9. The number of hydrogen-bond acceptors (Lipinski definition) is 4. The minimum Gasteiger partial charge on any atom is -0.479 e. The Hall–Kier alpha value is -1.98. The van der Waals surface area contributed by atoms with Crippen molar-refractivity contribution in [1.29, 1.82) is 0 Å². The second kappa shape index (κ2) is 17.8. The molecule has 0 radical (unpaired) electrons. The van der Waals surface area contributed by atoms with E-state index < -0.39 is 24.6 Å². The van der Waals surface area contributed by atoms with Crippen LogP contribution in [-0.4, -0.2) is 34.9 Å². The van der Waals surface area contributed by atoms with Crippen molar-refractivity contribution in [2.24, 2.45) is 0 Å². The zero-order valence-corrected chi connectivity index (χ0v) is 15.9. The fourth-order valence-corrected chi connectivity index (χ4v) is 2.18.